The van der Waals surface area contributed by atoms with E-state index in [1.165, 1.54) is 0 Å². The van der Waals surface area contributed by atoms with Gasteiger partial charge in [0.15, 0.2) is 11.5 Å². The summed E-state index contributed by atoms with van der Waals surface area (Å²) in [6.45, 7) is 0.161. The summed E-state index contributed by atoms with van der Waals surface area (Å²) in [6.07, 6.45) is 0. The number of rotatable bonds is 3. The molecule has 0 bridgehead atoms. The molecule has 0 spiro atoms. The number of benzene rings is 3. The molecule has 0 saturated carbocycles. The average Bonchev–Trinajstić information content (AvgIpc) is 3.18. The highest BCUT2D eigenvalue weighted by Crippen LogP contribution is 2.51. The first-order valence-electron chi connectivity index (χ1n) is 9.18. The molecule has 6 heteroatoms. The van der Waals surface area contributed by atoms with Crippen LogP contribution in [-0.4, -0.2) is 19.9 Å². The van der Waals surface area contributed by atoms with Crippen molar-refractivity contribution in [1.29, 1.82) is 0 Å². The molecule has 0 aromatic heterocycles. The number of hydrogen-bond acceptors (Lipinski definition) is 5. The van der Waals surface area contributed by atoms with Crippen molar-refractivity contribution in [3.63, 3.8) is 0 Å². The predicted molar refractivity (Wildman–Crippen MR) is 110 cm³/mol. The number of esters is 1. The monoisotopic (exact) mass is 452 g/mol. The normalized spacial score (nSPS) is 19.4. The molecule has 29 heavy (non-hydrogen) atoms. The fourth-order valence-corrected chi connectivity index (χ4v) is 4.39. The maximum atomic E-state index is 13.1. The molecule has 0 radical (unpaired) electrons. The molecule has 3 aromatic rings. The number of hydrogen-bond donors (Lipinski definition) is 0. The van der Waals surface area contributed by atoms with Gasteiger partial charge in [-0.2, -0.15) is 0 Å². The van der Waals surface area contributed by atoms with E-state index in [-0.39, 0.29) is 18.7 Å². The smallest absolute Gasteiger partial charge is 0.319 e. The van der Waals surface area contributed by atoms with Gasteiger partial charge in [0.25, 0.3) is 0 Å². The molecule has 5 nitrogen and oxygen atoms in total. The van der Waals surface area contributed by atoms with Crippen LogP contribution in [0.2, 0.25) is 0 Å². The second kappa shape index (κ2) is 7.12. The van der Waals surface area contributed by atoms with Gasteiger partial charge in [0.05, 0.1) is 13.0 Å². The number of halogens is 1. The van der Waals surface area contributed by atoms with E-state index in [4.69, 9.17) is 18.9 Å². The topological polar surface area (TPSA) is 54.0 Å². The first kappa shape index (κ1) is 18.1. The van der Waals surface area contributed by atoms with Crippen LogP contribution in [0.15, 0.2) is 65.1 Å². The van der Waals surface area contributed by atoms with Gasteiger partial charge in [0, 0.05) is 22.0 Å². The lowest BCUT2D eigenvalue weighted by Crippen LogP contribution is -2.30. The van der Waals surface area contributed by atoms with Crippen molar-refractivity contribution < 1.29 is 23.7 Å². The second-order valence-corrected chi connectivity index (χ2v) is 7.86. The minimum absolute atomic E-state index is 0.161. The second-order valence-electron chi connectivity index (χ2n) is 6.95. The Morgan fingerprint density at radius 1 is 0.897 bits per heavy atom. The van der Waals surface area contributed by atoms with Crippen LogP contribution in [0.1, 0.15) is 28.5 Å². The standard InChI is InChI=1S/C23H17BrO5/c1-26-16-7-5-13(6-8-16)21-17-10-19-20(28-12-27-19)11-18(17)29-23(25)22(21)14-3-2-4-15(24)9-14/h2-11,21-22H,12H2,1H3/t21-,22-/m0/s1. The molecule has 0 amide bonds. The maximum Gasteiger partial charge on any atom is 0.319 e. The molecule has 3 aromatic carbocycles. The molecular weight excluding hydrogens is 436 g/mol. The van der Waals surface area contributed by atoms with Crippen LogP contribution < -0.4 is 18.9 Å². The van der Waals surface area contributed by atoms with Crippen molar-refractivity contribution in [3.8, 4) is 23.0 Å². The summed E-state index contributed by atoms with van der Waals surface area (Å²) >= 11 is 3.51. The van der Waals surface area contributed by atoms with Crippen LogP contribution in [0.25, 0.3) is 0 Å². The van der Waals surface area contributed by atoms with E-state index in [0.717, 1.165) is 26.9 Å². The van der Waals surface area contributed by atoms with E-state index >= 15 is 0 Å². The first-order chi connectivity index (χ1) is 14.1. The summed E-state index contributed by atoms with van der Waals surface area (Å²) in [7, 11) is 1.63. The average molecular weight is 453 g/mol. The molecule has 5 rings (SSSR count). The lowest BCUT2D eigenvalue weighted by Gasteiger charge is -2.33. The van der Waals surface area contributed by atoms with Crippen molar-refractivity contribution in [3.05, 3.63) is 81.8 Å². The van der Waals surface area contributed by atoms with Crippen molar-refractivity contribution >= 4 is 21.9 Å². The van der Waals surface area contributed by atoms with Gasteiger partial charge in [-0.3, -0.25) is 4.79 Å². The van der Waals surface area contributed by atoms with Crippen LogP contribution in [0.4, 0.5) is 0 Å². The Labute approximate surface area is 176 Å². The minimum Gasteiger partial charge on any atom is -0.497 e. The molecular formula is C23H17BrO5. The zero-order chi connectivity index (χ0) is 20.0. The summed E-state index contributed by atoms with van der Waals surface area (Å²) in [5.74, 6) is 1.49. The van der Waals surface area contributed by atoms with Gasteiger partial charge in [-0.25, -0.2) is 0 Å². The van der Waals surface area contributed by atoms with Gasteiger partial charge in [-0.15, -0.1) is 0 Å². The Morgan fingerprint density at radius 2 is 1.66 bits per heavy atom. The fraction of sp³-hybridized carbons (Fsp3) is 0.174. The summed E-state index contributed by atoms with van der Waals surface area (Å²) < 4.78 is 23.0. The molecule has 146 valence electrons. The van der Waals surface area contributed by atoms with E-state index in [1.807, 2.05) is 54.6 Å². The first-order valence-corrected chi connectivity index (χ1v) is 9.98. The van der Waals surface area contributed by atoms with Gasteiger partial charge in [-0.05, 0) is 41.5 Å². The van der Waals surface area contributed by atoms with E-state index < -0.39 is 5.92 Å². The fourth-order valence-electron chi connectivity index (χ4n) is 3.97. The van der Waals surface area contributed by atoms with Crippen LogP contribution in [0, 0.1) is 0 Å². The highest BCUT2D eigenvalue weighted by molar-refractivity contribution is 9.10. The molecule has 0 unspecified atom stereocenters. The quantitative estimate of drug-likeness (QED) is 0.412. The molecule has 2 atom stereocenters. The van der Waals surface area contributed by atoms with E-state index in [1.54, 1.807) is 13.2 Å². The molecule has 0 fully saturated rings. The number of carbonyl (C=O) groups excluding carboxylic acids is 1. The summed E-state index contributed by atoms with van der Waals surface area (Å²) in [5.41, 5.74) is 2.77. The third-order valence-corrected chi connectivity index (χ3v) is 5.81. The Morgan fingerprint density at radius 3 is 2.38 bits per heavy atom. The van der Waals surface area contributed by atoms with Crippen molar-refractivity contribution in [2.45, 2.75) is 11.8 Å². The zero-order valence-corrected chi connectivity index (χ0v) is 17.1. The van der Waals surface area contributed by atoms with Crippen LogP contribution in [0.5, 0.6) is 23.0 Å². The van der Waals surface area contributed by atoms with Crippen LogP contribution in [0.3, 0.4) is 0 Å². The minimum atomic E-state index is -0.492. The summed E-state index contributed by atoms with van der Waals surface area (Å²) in [5, 5.41) is 0. The van der Waals surface area contributed by atoms with Crippen molar-refractivity contribution in [1.82, 2.24) is 0 Å². The molecule has 0 saturated heterocycles. The zero-order valence-electron chi connectivity index (χ0n) is 15.6. The molecule has 2 heterocycles. The lowest BCUT2D eigenvalue weighted by atomic mass is 9.75. The van der Waals surface area contributed by atoms with Gasteiger partial charge < -0.3 is 18.9 Å². The number of ether oxygens (including phenoxy) is 4. The maximum absolute atomic E-state index is 13.1. The van der Waals surface area contributed by atoms with Gasteiger partial charge in [-0.1, -0.05) is 40.2 Å². The number of carbonyl (C=O) groups is 1. The highest BCUT2D eigenvalue weighted by atomic mass is 79.9. The largest absolute Gasteiger partial charge is 0.497 e. The summed E-state index contributed by atoms with van der Waals surface area (Å²) in [6, 6.07) is 19.2. The van der Waals surface area contributed by atoms with Gasteiger partial charge in [0.1, 0.15) is 11.5 Å². The summed E-state index contributed by atoms with van der Waals surface area (Å²) in [4.78, 5) is 13.1. The third-order valence-electron chi connectivity index (χ3n) is 5.32. The van der Waals surface area contributed by atoms with E-state index in [2.05, 4.69) is 15.9 Å². The van der Waals surface area contributed by atoms with Crippen LogP contribution >= 0.6 is 15.9 Å². The number of methoxy groups -OCH3 is 1. The predicted octanol–water partition coefficient (Wildman–Crippen LogP) is 5.02. The van der Waals surface area contributed by atoms with Gasteiger partial charge in [0.2, 0.25) is 6.79 Å². The molecule has 0 N–H and O–H groups in total. The van der Waals surface area contributed by atoms with Crippen molar-refractivity contribution in [2.75, 3.05) is 13.9 Å². The third kappa shape index (κ3) is 3.13. The molecule has 2 aliphatic heterocycles. The SMILES string of the molecule is COc1ccc([C@H]2c3cc4c(cc3OC(=O)[C@H]2c2cccc(Br)c2)OCO4)cc1. The van der Waals surface area contributed by atoms with Crippen molar-refractivity contribution in [2.24, 2.45) is 0 Å². The molecule has 0 aliphatic carbocycles. The van der Waals surface area contributed by atoms with E-state index in [9.17, 15) is 4.79 Å². The Balaban J connectivity index is 1.70. The Bertz CT molecular complexity index is 1090. The Hall–Kier alpha value is -2.99. The van der Waals surface area contributed by atoms with Crippen LogP contribution in [-0.2, 0) is 4.79 Å². The lowest BCUT2D eigenvalue weighted by molar-refractivity contribution is -0.137. The van der Waals surface area contributed by atoms with Gasteiger partial charge >= 0.3 is 5.97 Å². The highest BCUT2D eigenvalue weighted by Gasteiger charge is 2.41. The number of fused-ring (bicyclic) bond motifs is 2. The van der Waals surface area contributed by atoms with E-state index in [0.29, 0.717) is 17.2 Å². The Kier molecular flexibility index (Phi) is 4.43. The molecule has 2 aliphatic rings.